The minimum Gasteiger partial charge on any atom is -0.356 e. The molecule has 0 aliphatic carbocycles. The number of carbonyl (C=O) groups is 1. The number of rotatable bonds is 4. The van der Waals surface area contributed by atoms with Gasteiger partial charge in [-0.2, -0.15) is 0 Å². The molecule has 1 saturated heterocycles. The van der Waals surface area contributed by atoms with Crippen molar-refractivity contribution in [3.8, 4) is 0 Å². The molecule has 0 radical (unpaired) electrons. The molecule has 1 fully saturated rings. The zero-order valence-electron chi connectivity index (χ0n) is 16.0. The molecular formula is C20H27N5O. The van der Waals surface area contributed by atoms with E-state index in [0.29, 0.717) is 12.4 Å². The van der Waals surface area contributed by atoms with E-state index in [1.165, 1.54) is 0 Å². The lowest BCUT2D eigenvalue weighted by atomic mass is 9.97. The first-order chi connectivity index (χ1) is 12.4. The fraction of sp³-hybridized carbons (Fsp3) is 0.500. The molecule has 1 aliphatic rings. The number of pyridine rings is 1. The van der Waals surface area contributed by atoms with Crippen LogP contribution in [0.4, 0.5) is 11.6 Å². The lowest BCUT2D eigenvalue weighted by Crippen LogP contribution is -2.41. The monoisotopic (exact) mass is 353 g/mol. The van der Waals surface area contributed by atoms with Crippen LogP contribution >= 0.6 is 0 Å². The minimum atomic E-state index is -0.0659. The van der Waals surface area contributed by atoms with Gasteiger partial charge in [0, 0.05) is 36.5 Å². The van der Waals surface area contributed by atoms with Gasteiger partial charge in [0.15, 0.2) is 0 Å². The summed E-state index contributed by atoms with van der Waals surface area (Å²) in [6.07, 6.45) is 1.86. The molecule has 3 rings (SSSR count). The van der Waals surface area contributed by atoms with E-state index >= 15 is 0 Å². The van der Waals surface area contributed by atoms with Gasteiger partial charge in [-0.05, 0) is 38.8 Å². The van der Waals surface area contributed by atoms with E-state index in [2.05, 4.69) is 34.0 Å². The molecule has 1 aliphatic heterocycles. The lowest BCUT2D eigenvalue weighted by molar-refractivity contribution is -0.120. The molecule has 3 heterocycles. The molecule has 138 valence electrons. The number of nitrogens with zero attached hydrogens (tertiary/aromatic N) is 4. The second-order valence-electron chi connectivity index (χ2n) is 7.32. The maximum absolute atomic E-state index is 12.7. The van der Waals surface area contributed by atoms with Gasteiger partial charge in [0.2, 0.25) is 5.91 Å². The molecule has 6 heteroatoms. The molecule has 26 heavy (non-hydrogen) atoms. The molecule has 0 saturated carbocycles. The van der Waals surface area contributed by atoms with Gasteiger partial charge in [-0.25, -0.2) is 15.0 Å². The maximum atomic E-state index is 12.7. The number of hydrogen-bond acceptors (Lipinski definition) is 5. The van der Waals surface area contributed by atoms with Crippen molar-refractivity contribution in [2.75, 3.05) is 23.3 Å². The first kappa shape index (κ1) is 18.3. The number of amides is 1. The van der Waals surface area contributed by atoms with Gasteiger partial charge in [-0.1, -0.05) is 19.9 Å². The number of piperidine rings is 1. The van der Waals surface area contributed by atoms with Crippen LogP contribution in [0.1, 0.15) is 49.8 Å². The number of carbonyl (C=O) groups excluding carboxylic acids is 1. The summed E-state index contributed by atoms with van der Waals surface area (Å²) in [6.45, 7) is 9.70. The number of anilines is 2. The van der Waals surface area contributed by atoms with Crippen LogP contribution in [0.3, 0.4) is 0 Å². The van der Waals surface area contributed by atoms with Gasteiger partial charge in [0.1, 0.15) is 17.5 Å². The van der Waals surface area contributed by atoms with Gasteiger partial charge >= 0.3 is 0 Å². The Hall–Kier alpha value is -2.50. The third-order valence-electron chi connectivity index (χ3n) is 4.63. The molecule has 1 unspecified atom stereocenters. The van der Waals surface area contributed by atoms with Crippen molar-refractivity contribution in [3.05, 3.63) is 41.5 Å². The largest absolute Gasteiger partial charge is 0.356 e. The predicted molar refractivity (Wildman–Crippen MR) is 103 cm³/mol. The summed E-state index contributed by atoms with van der Waals surface area (Å²) < 4.78 is 0. The van der Waals surface area contributed by atoms with Gasteiger partial charge in [0.25, 0.3) is 0 Å². The molecule has 6 nitrogen and oxygen atoms in total. The van der Waals surface area contributed by atoms with Crippen LogP contribution in [0.2, 0.25) is 0 Å². The summed E-state index contributed by atoms with van der Waals surface area (Å²) in [4.78, 5) is 28.5. The summed E-state index contributed by atoms with van der Waals surface area (Å²) in [5, 5.41) is 2.96. The lowest BCUT2D eigenvalue weighted by Gasteiger charge is -2.33. The molecule has 2 aromatic heterocycles. The minimum absolute atomic E-state index is 0.0302. The highest BCUT2D eigenvalue weighted by Gasteiger charge is 2.27. The Morgan fingerprint density at radius 1 is 1.19 bits per heavy atom. The highest BCUT2D eigenvalue weighted by atomic mass is 16.2. The fourth-order valence-corrected chi connectivity index (χ4v) is 3.23. The molecule has 0 bridgehead atoms. The maximum Gasteiger partial charge on any atom is 0.230 e. The van der Waals surface area contributed by atoms with E-state index in [9.17, 15) is 4.79 Å². The normalized spacial score (nSPS) is 17.4. The quantitative estimate of drug-likeness (QED) is 0.911. The van der Waals surface area contributed by atoms with E-state index in [-0.39, 0.29) is 17.7 Å². The van der Waals surface area contributed by atoms with Crippen molar-refractivity contribution in [2.24, 2.45) is 5.92 Å². The second kappa shape index (κ2) is 7.81. The second-order valence-corrected chi connectivity index (χ2v) is 7.32. The first-order valence-corrected chi connectivity index (χ1v) is 9.27. The Bertz CT molecular complexity index is 790. The summed E-state index contributed by atoms with van der Waals surface area (Å²) in [5.74, 6) is 2.64. The number of nitrogens with one attached hydrogen (secondary N) is 1. The van der Waals surface area contributed by atoms with Crippen molar-refractivity contribution in [3.63, 3.8) is 0 Å². The Balaban J connectivity index is 1.72. The Morgan fingerprint density at radius 2 is 2.00 bits per heavy atom. The van der Waals surface area contributed by atoms with Crippen molar-refractivity contribution >= 4 is 17.5 Å². The highest BCUT2D eigenvalue weighted by molar-refractivity contribution is 5.92. The zero-order valence-corrected chi connectivity index (χ0v) is 16.0. The molecule has 0 spiro atoms. The van der Waals surface area contributed by atoms with Gasteiger partial charge in [-0.15, -0.1) is 0 Å². The molecule has 1 N–H and O–H groups in total. The van der Waals surface area contributed by atoms with E-state index in [1.807, 2.05) is 38.1 Å². The van der Waals surface area contributed by atoms with Crippen LogP contribution in [0.25, 0.3) is 0 Å². The van der Waals surface area contributed by atoms with Crippen molar-refractivity contribution in [2.45, 2.75) is 46.5 Å². The molecule has 1 atom stereocenters. The van der Waals surface area contributed by atoms with Gasteiger partial charge in [0.05, 0.1) is 5.92 Å². The van der Waals surface area contributed by atoms with Gasteiger partial charge < -0.3 is 10.2 Å². The van der Waals surface area contributed by atoms with Crippen molar-refractivity contribution in [1.82, 2.24) is 15.0 Å². The molecule has 0 aromatic carbocycles. The summed E-state index contributed by atoms with van der Waals surface area (Å²) in [5.41, 5.74) is 1.86. The summed E-state index contributed by atoms with van der Waals surface area (Å²) >= 11 is 0. The first-order valence-electron chi connectivity index (χ1n) is 9.27. The summed E-state index contributed by atoms with van der Waals surface area (Å²) in [7, 11) is 0. The van der Waals surface area contributed by atoms with Crippen molar-refractivity contribution < 1.29 is 4.79 Å². The highest BCUT2D eigenvalue weighted by Crippen LogP contribution is 2.24. The summed E-state index contributed by atoms with van der Waals surface area (Å²) in [6, 6.07) is 7.66. The van der Waals surface area contributed by atoms with Gasteiger partial charge in [-0.3, -0.25) is 4.79 Å². The van der Waals surface area contributed by atoms with Crippen molar-refractivity contribution in [1.29, 1.82) is 0 Å². The smallest absolute Gasteiger partial charge is 0.230 e. The molecular weight excluding hydrogens is 326 g/mol. The van der Waals surface area contributed by atoms with E-state index in [4.69, 9.17) is 4.98 Å². The van der Waals surface area contributed by atoms with E-state index in [0.717, 1.165) is 42.4 Å². The van der Waals surface area contributed by atoms with Crippen LogP contribution in [-0.4, -0.2) is 33.9 Å². The molecule has 1 amide bonds. The van der Waals surface area contributed by atoms with Crippen LogP contribution in [-0.2, 0) is 4.79 Å². The zero-order chi connectivity index (χ0) is 18.7. The third-order valence-corrected chi connectivity index (χ3v) is 4.63. The van der Waals surface area contributed by atoms with Crippen LogP contribution in [0.15, 0.2) is 24.3 Å². The Morgan fingerprint density at radius 3 is 2.73 bits per heavy atom. The van der Waals surface area contributed by atoms with Crippen LogP contribution in [0.5, 0.6) is 0 Å². The van der Waals surface area contributed by atoms with Crippen LogP contribution in [0, 0.1) is 19.8 Å². The average Bonchev–Trinajstić information content (AvgIpc) is 2.61. The molecule has 2 aromatic rings. The van der Waals surface area contributed by atoms with Crippen LogP contribution < -0.4 is 10.2 Å². The number of aromatic nitrogens is 3. The SMILES string of the molecule is Cc1cccc(NC(=O)C2CCCN(c3cc(C)nc(C(C)C)n3)C2)n1. The number of hydrogen-bond donors (Lipinski definition) is 1. The van der Waals surface area contributed by atoms with E-state index in [1.54, 1.807) is 0 Å². The third kappa shape index (κ3) is 4.36. The average molecular weight is 353 g/mol. The Labute approximate surface area is 155 Å². The van der Waals surface area contributed by atoms with E-state index < -0.39 is 0 Å². The Kier molecular flexibility index (Phi) is 5.49. The number of aryl methyl sites for hydroxylation is 2. The fourth-order valence-electron chi connectivity index (χ4n) is 3.23. The predicted octanol–water partition coefficient (Wildman–Crippen LogP) is 3.47. The standard InChI is InChI=1S/C20H27N5O/c1-13(2)19-22-15(4)11-18(24-19)25-10-6-8-16(12-25)20(26)23-17-9-5-7-14(3)21-17/h5,7,9,11,13,16H,6,8,10,12H2,1-4H3,(H,21,23,26). The topological polar surface area (TPSA) is 71.0 Å².